The third-order valence-electron chi connectivity index (χ3n) is 2.16. The van der Waals surface area contributed by atoms with Gasteiger partial charge in [-0.15, -0.1) is 0 Å². The van der Waals surface area contributed by atoms with Crippen LogP contribution in [0.4, 0.5) is 13.2 Å². The van der Waals surface area contributed by atoms with Gasteiger partial charge in [0.15, 0.2) is 0 Å². The maximum Gasteiger partial charge on any atom is 0.446 e. The van der Waals surface area contributed by atoms with Crippen molar-refractivity contribution < 1.29 is 21.6 Å². The van der Waals surface area contributed by atoms with E-state index in [0.717, 1.165) is 12.1 Å². The zero-order chi connectivity index (χ0) is 14.8. The van der Waals surface area contributed by atoms with Gasteiger partial charge in [0, 0.05) is 15.6 Å². The van der Waals surface area contributed by atoms with Gasteiger partial charge in [0.1, 0.15) is 6.07 Å². The SMILES string of the molecule is CCc1cc(S(=O)(=O)Cl)cc(SC(F)(F)F)c1C#N. The van der Waals surface area contributed by atoms with Gasteiger partial charge in [-0.25, -0.2) is 8.42 Å². The number of aryl methyl sites for hydroxylation is 1. The van der Waals surface area contributed by atoms with Crippen molar-refractivity contribution in [1.82, 2.24) is 0 Å². The molecular formula is C10H7ClF3NO2S2. The Morgan fingerprint density at radius 1 is 1.42 bits per heavy atom. The van der Waals surface area contributed by atoms with Crippen molar-refractivity contribution in [3.8, 4) is 6.07 Å². The average molecular weight is 330 g/mol. The second-order valence-electron chi connectivity index (χ2n) is 3.41. The Kier molecular flexibility index (Phi) is 4.76. The maximum atomic E-state index is 12.4. The minimum atomic E-state index is -4.62. The first kappa shape index (κ1) is 16.1. The lowest BCUT2D eigenvalue weighted by Gasteiger charge is -2.11. The molecule has 104 valence electrons. The third-order valence-corrected chi connectivity index (χ3v) is 4.26. The molecule has 0 aliphatic rings. The molecule has 0 spiro atoms. The Hall–Kier alpha value is -0.910. The normalized spacial score (nSPS) is 12.2. The molecule has 1 rings (SSSR count). The number of nitrogens with zero attached hydrogens (tertiary/aromatic N) is 1. The van der Waals surface area contributed by atoms with Crippen LogP contribution in [-0.2, 0) is 15.5 Å². The Morgan fingerprint density at radius 2 is 2.00 bits per heavy atom. The molecule has 0 atom stereocenters. The molecule has 9 heteroatoms. The van der Waals surface area contributed by atoms with Crippen molar-refractivity contribution in [2.75, 3.05) is 0 Å². The summed E-state index contributed by atoms with van der Waals surface area (Å²) in [5.74, 6) is 0. The minimum absolute atomic E-state index is 0.186. The lowest BCUT2D eigenvalue weighted by molar-refractivity contribution is -0.0328. The van der Waals surface area contributed by atoms with E-state index in [4.69, 9.17) is 15.9 Å². The molecule has 0 heterocycles. The van der Waals surface area contributed by atoms with Crippen molar-refractivity contribution in [3.05, 3.63) is 23.3 Å². The lowest BCUT2D eigenvalue weighted by Crippen LogP contribution is -2.04. The molecule has 0 aliphatic carbocycles. The fourth-order valence-corrected chi connectivity index (χ4v) is 2.99. The van der Waals surface area contributed by atoms with E-state index >= 15 is 0 Å². The number of hydrogen-bond acceptors (Lipinski definition) is 4. The van der Waals surface area contributed by atoms with E-state index in [2.05, 4.69) is 0 Å². The first-order valence-corrected chi connectivity index (χ1v) is 7.98. The number of thioether (sulfide) groups is 1. The number of alkyl halides is 3. The van der Waals surface area contributed by atoms with Gasteiger partial charge in [0.25, 0.3) is 9.05 Å². The Balaban J connectivity index is 3.55. The largest absolute Gasteiger partial charge is 0.446 e. The van der Waals surface area contributed by atoms with Crippen molar-refractivity contribution in [2.45, 2.75) is 28.6 Å². The van der Waals surface area contributed by atoms with Crippen LogP contribution >= 0.6 is 22.4 Å². The molecule has 0 amide bonds. The van der Waals surface area contributed by atoms with Gasteiger partial charge in [-0.2, -0.15) is 18.4 Å². The summed E-state index contributed by atoms with van der Waals surface area (Å²) in [6.07, 6.45) is 0.217. The van der Waals surface area contributed by atoms with Gasteiger partial charge in [-0.1, -0.05) is 6.92 Å². The fourth-order valence-electron chi connectivity index (χ4n) is 1.40. The summed E-state index contributed by atoms with van der Waals surface area (Å²) in [7, 11) is 0.969. The van der Waals surface area contributed by atoms with Crippen molar-refractivity contribution >= 4 is 31.5 Å². The highest BCUT2D eigenvalue weighted by molar-refractivity contribution is 8.13. The highest BCUT2D eigenvalue weighted by atomic mass is 35.7. The lowest BCUT2D eigenvalue weighted by atomic mass is 10.1. The quantitative estimate of drug-likeness (QED) is 0.627. The summed E-state index contributed by atoms with van der Waals surface area (Å²) >= 11 is -0.534. The molecule has 19 heavy (non-hydrogen) atoms. The summed E-state index contributed by atoms with van der Waals surface area (Å²) in [6, 6.07) is 3.53. The first-order chi connectivity index (χ1) is 8.58. The molecule has 3 nitrogen and oxygen atoms in total. The van der Waals surface area contributed by atoms with E-state index in [0.29, 0.717) is 0 Å². The van der Waals surface area contributed by atoms with Crippen LogP contribution in [0.25, 0.3) is 0 Å². The number of nitriles is 1. The van der Waals surface area contributed by atoms with Crippen molar-refractivity contribution in [2.24, 2.45) is 0 Å². The Morgan fingerprint density at radius 3 is 2.37 bits per heavy atom. The molecular weight excluding hydrogens is 323 g/mol. The van der Waals surface area contributed by atoms with Gasteiger partial charge in [-0.05, 0) is 35.9 Å². The number of hydrogen-bond donors (Lipinski definition) is 0. The zero-order valence-electron chi connectivity index (χ0n) is 9.45. The summed E-state index contributed by atoms with van der Waals surface area (Å²) in [5.41, 5.74) is -4.60. The van der Waals surface area contributed by atoms with Crippen LogP contribution in [0, 0.1) is 11.3 Å². The fraction of sp³-hybridized carbons (Fsp3) is 0.300. The molecule has 0 saturated heterocycles. The van der Waals surface area contributed by atoms with Crippen LogP contribution in [0.1, 0.15) is 18.1 Å². The van der Waals surface area contributed by atoms with Crippen LogP contribution < -0.4 is 0 Å². The molecule has 0 saturated carbocycles. The van der Waals surface area contributed by atoms with Gasteiger partial charge in [0.2, 0.25) is 0 Å². The number of rotatable bonds is 3. The summed E-state index contributed by atoms with van der Waals surface area (Å²) in [5, 5.41) is 8.91. The second-order valence-corrected chi connectivity index (χ2v) is 7.08. The molecule has 0 fully saturated rings. The molecule has 0 aliphatic heterocycles. The summed E-state index contributed by atoms with van der Waals surface area (Å²) in [4.78, 5) is -0.912. The number of halogens is 4. The van der Waals surface area contributed by atoms with Gasteiger partial charge < -0.3 is 0 Å². The van der Waals surface area contributed by atoms with E-state index in [9.17, 15) is 21.6 Å². The van der Waals surface area contributed by atoms with E-state index in [-0.39, 0.29) is 17.5 Å². The zero-order valence-corrected chi connectivity index (χ0v) is 11.8. The van der Waals surface area contributed by atoms with Crippen LogP contribution in [0.15, 0.2) is 21.9 Å². The average Bonchev–Trinajstić information content (AvgIpc) is 2.24. The van der Waals surface area contributed by atoms with Crippen LogP contribution in [-0.4, -0.2) is 13.9 Å². The van der Waals surface area contributed by atoms with E-state index in [1.165, 1.54) is 0 Å². The van der Waals surface area contributed by atoms with Crippen LogP contribution in [0.5, 0.6) is 0 Å². The molecule has 0 aromatic heterocycles. The standard InChI is InChI=1S/C10H7ClF3NO2S2/c1-2-6-3-7(19(11,16)17)4-9(8(6)5-15)18-10(12,13)14/h3-4H,2H2,1H3. The Bertz CT molecular complexity index is 635. The number of benzene rings is 1. The van der Waals surface area contributed by atoms with Gasteiger partial charge in [-0.3, -0.25) is 0 Å². The van der Waals surface area contributed by atoms with E-state index in [1.54, 1.807) is 13.0 Å². The second kappa shape index (κ2) is 5.61. The molecule has 1 aromatic rings. The topological polar surface area (TPSA) is 57.9 Å². The van der Waals surface area contributed by atoms with E-state index in [1.807, 2.05) is 0 Å². The molecule has 0 unspecified atom stereocenters. The molecule has 1 aromatic carbocycles. The van der Waals surface area contributed by atoms with Crippen molar-refractivity contribution in [3.63, 3.8) is 0 Å². The summed E-state index contributed by atoms with van der Waals surface area (Å²) in [6.45, 7) is 1.60. The molecule has 0 radical (unpaired) electrons. The van der Waals surface area contributed by atoms with Crippen LogP contribution in [0.3, 0.4) is 0 Å². The predicted octanol–water partition coefficient (Wildman–Crippen LogP) is 3.66. The maximum absolute atomic E-state index is 12.4. The van der Waals surface area contributed by atoms with Crippen LogP contribution in [0.2, 0.25) is 0 Å². The highest BCUT2D eigenvalue weighted by Crippen LogP contribution is 2.40. The molecule has 0 N–H and O–H groups in total. The first-order valence-electron chi connectivity index (χ1n) is 4.86. The van der Waals surface area contributed by atoms with E-state index < -0.39 is 36.1 Å². The van der Waals surface area contributed by atoms with Crippen molar-refractivity contribution in [1.29, 1.82) is 5.26 Å². The Labute approximate surface area is 116 Å². The third kappa shape index (κ3) is 4.30. The smallest absolute Gasteiger partial charge is 0.207 e. The van der Waals surface area contributed by atoms with Gasteiger partial charge >= 0.3 is 5.51 Å². The monoisotopic (exact) mass is 329 g/mol. The minimum Gasteiger partial charge on any atom is -0.207 e. The highest BCUT2D eigenvalue weighted by Gasteiger charge is 2.32. The predicted molar refractivity (Wildman–Crippen MR) is 65.5 cm³/mol. The molecule has 0 bridgehead atoms. The van der Waals surface area contributed by atoms with Gasteiger partial charge in [0.05, 0.1) is 10.5 Å². The summed E-state index contributed by atoms with van der Waals surface area (Å²) < 4.78 is 59.6.